The van der Waals surface area contributed by atoms with Crippen LogP contribution in [-0.4, -0.2) is 67.0 Å². The third-order valence-corrected chi connectivity index (χ3v) is 8.65. The fourth-order valence-electron chi connectivity index (χ4n) is 6.45. The summed E-state index contributed by atoms with van der Waals surface area (Å²) in [5, 5.41) is 0. The molecule has 0 bridgehead atoms. The molecule has 0 saturated carbocycles. The molecule has 0 aromatic heterocycles. The summed E-state index contributed by atoms with van der Waals surface area (Å²) in [6.45, 7) is 8.56. The first-order chi connectivity index (χ1) is 21.3. The Labute approximate surface area is 260 Å². The van der Waals surface area contributed by atoms with Gasteiger partial charge in [-0.2, -0.15) is 0 Å². The van der Waals surface area contributed by atoms with Gasteiger partial charge in [0.2, 0.25) is 0 Å². The van der Waals surface area contributed by atoms with Gasteiger partial charge in [-0.15, -0.1) is 6.42 Å². The van der Waals surface area contributed by atoms with Gasteiger partial charge in [0.1, 0.15) is 5.92 Å². The lowest BCUT2D eigenvalue weighted by Gasteiger charge is -2.41. The van der Waals surface area contributed by atoms with E-state index in [4.69, 9.17) is 15.9 Å². The van der Waals surface area contributed by atoms with Crippen LogP contribution in [0.25, 0.3) is 0 Å². The third-order valence-electron chi connectivity index (χ3n) is 8.65. The minimum Gasteiger partial charge on any atom is -0.468 e. The molecule has 2 aliphatic rings. The summed E-state index contributed by atoms with van der Waals surface area (Å²) in [6.07, 6.45) is 5.21. The van der Waals surface area contributed by atoms with Crippen molar-refractivity contribution in [3.8, 4) is 12.3 Å². The van der Waals surface area contributed by atoms with Crippen LogP contribution in [0.2, 0.25) is 0 Å². The molecule has 0 amide bonds. The largest absolute Gasteiger partial charge is 0.468 e. The monoisotopic (exact) mass is 589 g/mol. The quantitative estimate of drug-likeness (QED) is 0.252. The van der Waals surface area contributed by atoms with Crippen molar-refractivity contribution in [3.05, 3.63) is 118 Å². The Morgan fingerprint density at radius 2 is 1.48 bits per heavy atom. The molecule has 3 aromatic rings. The summed E-state index contributed by atoms with van der Waals surface area (Å²) in [5.41, 5.74) is 5.35. The molecule has 1 saturated heterocycles. The Bertz CT molecular complexity index is 1540. The second-order valence-corrected chi connectivity index (χ2v) is 11.3. The van der Waals surface area contributed by atoms with Crippen molar-refractivity contribution in [2.75, 3.05) is 33.3 Å². The lowest BCUT2D eigenvalue weighted by atomic mass is 9.75. The van der Waals surface area contributed by atoms with Crippen LogP contribution >= 0.6 is 0 Å². The first-order valence-electron chi connectivity index (χ1n) is 15.0. The molecule has 0 N–H and O–H groups in total. The fourth-order valence-corrected chi connectivity index (χ4v) is 6.45. The summed E-state index contributed by atoms with van der Waals surface area (Å²) in [6, 6.07) is 28.6. The maximum absolute atomic E-state index is 13.9. The van der Waals surface area contributed by atoms with Crippen LogP contribution in [0.3, 0.4) is 0 Å². The SMILES string of the molecule is C#Cc1cccc(C2C(C(=O)OC(C)N3CCN(C(c4ccccc4)c4ccccc4)CC3)=C(C)N=C(C)C2C(=O)OC)c1. The highest BCUT2D eigenvalue weighted by atomic mass is 16.6. The van der Waals surface area contributed by atoms with Crippen LogP contribution < -0.4 is 0 Å². The molecule has 3 unspecified atom stereocenters. The minimum atomic E-state index is -0.772. The van der Waals surface area contributed by atoms with E-state index in [2.05, 4.69) is 69.2 Å². The van der Waals surface area contributed by atoms with Gasteiger partial charge in [-0.3, -0.25) is 19.6 Å². The van der Waals surface area contributed by atoms with E-state index in [0.717, 1.165) is 31.7 Å². The maximum atomic E-state index is 13.9. The number of benzene rings is 3. The highest BCUT2D eigenvalue weighted by molar-refractivity contribution is 6.07. The van der Waals surface area contributed by atoms with E-state index in [1.54, 1.807) is 13.8 Å². The smallest absolute Gasteiger partial charge is 0.338 e. The number of esters is 2. The maximum Gasteiger partial charge on any atom is 0.338 e. The number of hydrogen-bond donors (Lipinski definition) is 0. The minimum absolute atomic E-state index is 0.142. The molecule has 2 heterocycles. The topological polar surface area (TPSA) is 71.4 Å². The molecule has 0 aliphatic carbocycles. The van der Waals surface area contributed by atoms with Gasteiger partial charge in [-0.05, 0) is 49.6 Å². The van der Waals surface area contributed by atoms with Crippen LogP contribution in [0.5, 0.6) is 0 Å². The van der Waals surface area contributed by atoms with Crippen molar-refractivity contribution in [1.82, 2.24) is 9.80 Å². The van der Waals surface area contributed by atoms with E-state index in [1.165, 1.54) is 18.2 Å². The van der Waals surface area contributed by atoms with E-state index in [0.29, 0.717) is 22.5 Å². The number of methoxy groups -OCH3 is 1. The molecule has 226 valence electrons. The first-order valence-corrected chi connectivity index (χ1v) is 15.0. The van der Waals surface area contributed by atoms with E-state index in [-0.39, 0.29) is 6.04 Å². The number of hydrogen-bond acceptors (Lipinski definition) is 7. The number of piperazine rings is 1. The summed E-state index contributed by atoms with van der Waals surface area (Å²) in [5.74, 6) is 0.283. The average molecular weight is 590 g/mol. The van der Waals surface area contributed by atoms with Gasteiger partial charge in [0.25, 0.3) is 0 Å². The van der Waals surface area contributed by atoms with Gasteiger partial charge < -0.3 is 9.47 Å². The second kappa shape index (κ2) is 13.9. The molecular formula is C37H39N3O4. The molecule has 3 aromatic carbocycles. The van der Waals surface area contributed by atoms with Gasteiger partial charge in [0, 0.05) is 49.1 Å². The van der Waals surface area contributed by atoms with E-state index in [9.17, 15) is 9.59 Å². The van der Waals surface area contributed by atoms with Gasteiger partial charge in [0.15, 0.2) is 6.23 Å². The molecule has 3 atom stereocenters. The number of rotatable bonds is 8. The Balaban J connectivity index is 1.34. The summed E-state index contributed by atoms with van der Waals surface area (Å²) >= 11 is 0. The third kappa shape index (κ3) is 6.52. The van der Waals surface area contributed by atoms with Crippen molar-refractivity contribution in [1.29, 1.82) is 0 Å². The second-order valence-electron chi connectivity index (χ2n) is 11.3. The molecule has 5 rings (SSSR count). The number of terminal acetylenes is 1. The lowest BCUT2D eigenvalue weighted by Crippen LogP contribution is -2.51. The van der Waals surface area contributed by atoms with E-state index >= 15 is 0 Å². The van der Waals surface area contributed by atoms with Crippen LogP contribution in [-0.2, 0) is 19.1 Å². The lowest BCUT2D eigenvalue weighted by molar-refractivity contribution is -0.155. The number of carbonyl (C=O) groups is 2. The summed E-state index contributed by atoms with van der Waals surface area (Å²) < 4.78 is 11.3. The zero-order chi connectivity index (χ0) is 31.2. The zero-order valence-electron chi connectivity index (χ0n) is 25.8. The van der Waals surface area contributed by atoms with Crippen molar-refractivity contribution in [2.24, 2.45) is 10.9 Å². The Morgan fingerprint density at radius 3 is 2.05 bits per heavy atom. The standard InChI is InChI=1S/C37H39N3O4/c1-6-28-14-13-19-31(24-28)34-32(36(41)43-5)25(2)38-26(3)33(34)37(42)44-27(4)39-20-22-40(23-21-39)35(29-15-9-7-10-16-29)30-17-11-8-12-18-30/h1,7-19,24,27,32,34-35H,20-23H2,2-5H3. The van der Waals surface area contributed by atoms with Crippen molar-refractivity contribution >= 4 is 17.7 Å². The summed E-state index contributed by atoms with van der Waals surface area (Å²) in [4.78, 5) is 36.2. The van der Waals surface area contributed by atoms with E-state index < -0.39 is 30.0 Å². The Hall–Kier alpha value is -4.51. The Morgan fingerprint density at radius 1 is 0.886 bits per heavy atom. The highest BCUT2D eigenvalue weighted by Crippen LogP contribution is 2.40. The zero-order valence-corrected chi connectivity index (χ0v) is 25.8. The number of carbonyl (C=O) groups excluding carboxylic acids is 2. The fraction of sp³-hybridized carbons (Fsp3) is 0.324. The number of ether oxygens (including phenoxy) is 2. The van der Waals surface area contributed by atoms with Crippen LogP contribution in [0.1, 0.15) is 55.0 Å². The van der Waals surface area contributed by atoms with Gasteiger partial charge in [-0.25, -0.2) is 4.79 Å². The number of nitrogens with zero attached hydrogens (tertiary/aromatic N) is 3. The Kier molecular flexibility index (Phi) is 9.74. The molecule has 7 nitrogen and oxygen atoms in total. The molecule has 1 fully saturated rings. The normalized spacial score (nSPS) is 20.0. The molecule has 44 heavy (non-hydrogen) atoms. The molecular weight excluding hydrogens is 550 g/mol. The van der Waals surface area contributed by atoms with Crippen molar-refractivity contribution in [2.45, 2.75) is 39.0 Å². The van der Waals surface area contributed by atoms with Crippen LogP contribution in [0.15, 0.2) is 101 Å². The number of allylic oxidation sites excluding steroid dienone is 1. The van der Waals surface area contributed by atoms with Crippen LogP contribution in [0.4, 0.5) is 0 Å². The predicted molar refractivity (Wildman–Crippen MR) is 172 cm³/mol. The highest BCUT2D eigenvalue weighted by Gasteiger charge is 2.43. The van der Waals surface area contributed by atoms with Crippen LogP contribution in [0, 0.1) is 18.3 Å². The number of aliphatic imine (C=N–C) groups is 1. The van der Waals surface area contributed by atoms with E-state index in [1.807, 2.05) is 43.3 Å². The summed E-state index contributed by atoms with van der Waals surface area (Å²) in [7, 11) is 1.34. The molecule has 7 heteroatoms. The molecule has 0 radical (unpaired) electrons. The van der Waals surface area contributed by atoms with Gasteiger partial charge >= 0.3 is 11.9 Å². The molecule has 0 spiro atoms. The molecule has 2 aliphatic heterocycles. The first kappa shape index (κ1) is 30.9. The predicted octanol–water partition coefficient (Wildman–Crippen LogP) is 5.59. The van der Waals surface area contributed by atoms with Gasteiger partial charge in [0.05, 0.1) is 18.7 Å². The van der Waals surface area contributed by atoms with Crippen molar-refractivity contribution in [3.63, 3.8) is 0 Å². The van der Waals surface area contributed by atoms with Crippen molar-refractivity contribution < 1.29 is 19.1 Å². The average Bonchev–Trinajstić information content (AvgIpc) is 3.05. The van der Waals surface area contributed by atoms with Gasteiger partial charge in [-0.1, -0.05) is 78.7 Å².